The number of carbonyl (C=O) groups excluding carboxylic acids is 4. The van der Waals surface area contributed by atoms with Gasteiger partial charge >= 0.3 is 0 Å². The van der Waals surface area contributed by atoms with Crippen LogP contribution in [0.2, 0.25) is 0 Å². The fourth-order valence-electron chi connectivity index (χ4n) is 4.45. The fraction of sp³-hybridized carbons (Fsp3) is 0.192. The number of carbonyl (C=O) groups is 4. The number of hydrogen-bond acceptors (Lipinski definition) is 6. The maximum absolute atomic E-state index is 13.0. The monoisotopic (exact) mass is 470 g/mol. The van der Waals surface area contributed by atoms with Gasteiger partial charge in [-0.3, -0.25) is 24.1 Å². The molecule has 2 aliphatic heterocycles. The predicted octanol–water partition coefficient (Wildman–Crippen LogP) is 2.40. The Kier molecular flexibility index (Phi) is 5.62. The molecule has 3 heterocycles. The third kappa shape index (κ3) is 3.95. The molecule has 1 aromatic heterocycles. The van der Waals surface area contributed by atoms with E-state index in [0.29, 0.717) is 59.7 Å². The van der Waals surface area contributed by atoms with E-state index < -0.39 is 5.91 Å². The van der Waals surface area contributed by atoms with Gasteiger partial charge in [-0.05, 0) is 42.5 Å². The summed E-state index contributed by atoms with van der Waals surface area (Å²) in [6.07, 6.45) is 1.47. The Morgan fingerprint density at radius 1 is 1.06 bits per heavy atom. The van der Waals surface area contributed by atoms with Crippen LogP contribution in [0.1, 0.15) is 43.7 Å². The summed E-state index contributed by atoms with van der Waals surface area (Å²) in [6.45, 7) is 3.32. The van der Waals surface area contributed by atoms with Crippen molar-refractivity contribution >= 4 is 46.2 Å². The summed E-state index contributed by atoms with van der Waals surface area (Å²) < 4.78 is 5.31. The molecule has 176 valence electrons. The Morgan fingerprint density at radius 2 is 1.80 bits per heavy atom. The van der Waals surface area contributed by atoms with Gasteiger partial charge in [0.2, 0.25) is 17.6 Å². The number of rotatable bonds is 3. The number of hydrogen-bond donors (Lipinski definition) is 1. The molecule has 9 nitrogen and oxygen atoms in total. The van der Waals surface area contributed by atoms with Crippen LogP contribution in [0.15, 0.2) is 54.2 Å². The Morgan fingerprint density at radius 3 is 2.51 bits per heavy atom. The average Bonchev–Trinajstić information content (AvgIpc) is 3.14. The molecule has 1 fully saturated rings. The van der Waals surface area contributed by atoms with Crippen molar-refractivity contribution in [2.75, 3.05) is 31.2 Å². The Hall–Kier alpha value is -4.37. The van der Waals surface area contributed by atoms with Crippen LogP contribution in [-0.4, -0.2) is 59.7 Å². The SMILES string of the molecule is CC(=O)N1/C(=C\c2cc(C(N)=O)c3cc(C(=O)N4CCOCC4)ccc3n2)C(=O)c2ccccc21. The molecule has 0 saturated carbocycles. The summed E-state index contributed by atoms with van der Waals surface area (Å²) in [5.41, 5.74) is 8.02. The second-order valence-corrected chi connectivity index (χ2v) is 8.33. The molecular weight excluding hydrogens is 448 g/mol. The van der Waals surface area contributed by atoms with Crippen molar-refractivity contribution in [3.8, 4) is 0 Å². The molecule has 3 amide bonds. The first-order valence-electron chi connectivity index (χ1n) is 11.1. The van der Waals surface area contributed by atoms with Crippen LogP contribution in [0, 0.1) is 0 Å². The number of nitrogens with zero attached hydrogens (tertiary/aromatic N) is 3. The number of fused-ring (bicyclic) bond motifs is 2. The van der Waals surface area contributed by atoms with E-state index in [2.05, 4.69) is 4.98 Å². The quantitative estimate of drug-likeness (QED) is 0.587. The average molecular weight is 470 g/mol. The van der Waals surface area contributed by atoms with Crippen LogP contribution < -0.4 is 10.6 Å². The lowest BCUT2D eigenvalue weighted by atomic mass is 10.0. The molecule has 0 unspecified atom stereocenters. The first-order chi connectivity index (χ1) is 16.8. The minimum absolute atomic E-state index is 0.139. The van der Waals surface area contributed by atoms with Crippen LogP contribution >= 0.6 is 0 Å². The first kappa shape index (κ1) is 22.4. The van der Waals surface area contributed by atoms with Crippen LogP contribution in [0.5, 0.6) is 0 Å². The topological polar surface area (TPSA) is 123 Å². The molecule has 2 N–H and O–H groups in total. The van der Waals surface area contributed by atoms with Gasteiger partial charge in [0.1, 0.15) is 0 Å². The zero-order valence-corrected chi connectivity index (χ0v) is 19.0. The molecule has 0 radical (unpaired) electrons. The maximum Gasteiger partial charge on any atom is 0.254 e. The number of amides is 3. The highest BCUT2D eigenvalue weighted by Gasteiger charge is 2.34. The Bertz CT molecular complexity index is 1440. The smallest absolute Gasteiger partial charge is 0.254 e. The molecular formula is C26H22N4O5. The molecule has 3 aromatic rings. The first-order valence-corrected chi connectivity index (χ1v) is 11.1. The van der Waals surface area contributed by atoms with Crippen molar-refractivity contribution in [1.29, 1.82) is 0 Å². The lowest BCUT2D eigenvalue weighted by molar-refractivity contribution is -0.116. The lowest BCUT2D eigenvalue weighted by Crippen LogP contribution is -2.40. The highest BCUT2D eigenvalue weighted by atomic mass is 16.5. The summed E-state index contributed by atoms with van der Waals surface area (Å²) in [5, 5.41) is 0.434. The van der Waals surface area contributed by atoms with Gasteiger partial charge in [-0.15, -0.1) is 0 Å². The number of para-hydroxylation sites is 1. The minimum Gasteiger partial charge on any atom is -0.378 e. The van der Waals surface area contributed by atoms with Gasteiger partial charge in [-0.1, -0.05) is 12.1 Å². The number of nitrogens with two attached hydrogens (primary N) is 1. The molecule has 0 atom stereocenters. The van der Waals surface area contributed by atoms with E-state index in [9.17, 15) is 19.2 Å². The molecule has 2 aliphatic rings. The highest BCUT2D eigenvalue weighted by Crippen LogP contribution is 2.35. The van der Waals surface area contributed by atoms with E-state index >= 15 is 0 Å². The third-order valence-corrected chi connectivity index (χ3v) is 6.10. The van der Waals surface area contributed by atoms with E-state index in [4.69, 9.17) is 10.5 Å². The van der Waals surface area contributed by atoms with Gasteiger partial charge < -0.3 is 15.4 Å². The number of benzene rings is 2. The molecule has 0 spiro atoms. The predicted molar refractivity (Wildman–Crippen MR) is 129 cm³/mol. The van der Waals surface area contributed by atoms with Crippen LogP contribution in [0.25, 0.3) is 17.0 Å². The number of ketones is 1. The van der Waals surface area contributed by atoms with Crippen molar-refractivity contribution in [1.82, 2.24) is 9.88 Å². The highest BCUT2D eigenvalue weighted by molar-refractivity contribution is 6.26. The largest absolute Gasteiger partial charge is 0.378 e. The molecule has 0 aliphatic carbocycles. The van der Waals surface area contributed by atoms with E-state index in [1.54, 1.807) is 47.4 Å². The second kappa shape index (κ2) is 8.77. The number of ether oxygens (including phenoxy) is 1. The van der Waals surface area contributed by atoms with Gasteiger partial charge in [0.05, 0.1) is 41.4 Å². The summed E-state index contributed by atoms with van der Waals surface area (Å²) in [6, 6.07) is 13.2. The number of allylic oxidation sites excluding steroid dienone is 1. The summed E-state index contributed by atoms with van der Waals surface area (Å²) in [5.74, 6) is -1.50. The molecule has 0 bridgehead atoms. The zero-order valence-electron chi connectivity index (χ0n) is 19.0. The van der Waals surface area contributed by atoms with Crippen molar-refractivity contribution in [3.05, 3.63) is 76.6 Å². The third-order valence-electron chi connectivity index (χ3n) is 6.10. The summed E-state index contributed by atoms with van der Waals surface area (Å²) >= 11 is 0. The normalized spacial score (nSPS) is 16.6. The standard InChI is InChI=1S/C26H22N4O5/c1-15(31)30-22-5-3-2-4-18(22)24(32)23(30)14-17-13-20(25(27)33)19-12-16(6-7-21(19)28-17)26(34)29-8-10-35-11-9-29/h2-7,12-14H,8-11H2,1H3,(H2,27,33)/b23-14-. The van der Waals surface area contributed by atoms with Crippen molar-refractivity contribution in [2.24, 2.45) is 5.73 Å². The fourth-order valence-corrected chi connectivity index (χ4v) is 4.45. The number of pyridine rings is 1. The molecule has 9 heteroatoms. The number of morpholine rings is 1. The summed E-state index contributed by atoms with van der Waals surface area (Å²) in [4.78, 5) is 58.2. The molecule has 1 saturated heterocycles. The van der Waals surface area contributed by atoms with Gasteiger partial charge in [0.15, 0.2) is 0 Å². The van der Waals surface area contributed by atoms with Crippen molar-refractivity contribution in [2.45, 2.75) is 6.92 Å². The van der Waals surface area contributed by atoms with Crippen LogP contribution in [0.4, 0.5) is 5.69 Å². The van der Waals surface area contributed by atoms with E-state index in [1.165, 1.54) is 24.0 Å². The zero-order chi connectivity index (χ0) is 24.7. The van der Waals surface area contributed by atoms with Crippen LogP contribution in [-0.2, 0) is 9.53 Å². The van der Waals surface area contributed by atoms with E-state index in [1.807, 2.05) is 0 Å². The van der Waals surface area contributed by atoms with Crippen LogP contribution in [0.3, 0.4) is 0 Å². The maximum atomic E-state index is 13.0. The van der Waals surface area contributed by atoms with E-state index in [-0.39, 0.29) is 28.9 Å². The van der Waals surface area contributed by atoms with Gasteiger partial charge in [-0.25, -0.2) is 4.98 Å². The van der Waals surface area contributed by atoms with Gasteiger partial charge in [-0.2, -0.15) is 0 Å². The minimum atomic E-state index is -0.697. The van der Waals surface area contributed by atoms with Crippen molar-refractivity contribution < 1.29 is 23.9 Å². The number of aromatic nitrogens is 1. The molecule has 35 heavy (non-hydrogen) atoms. The number of primary amides is 1. The number of anilines is 1. The Labute approximate surface area is 200 Å². The van der Waals surface area contributed by atoms with Crippen molar-refractivity contribution in [3.63, 3.8) is 0 Å². The summed E-state index contributed by atoms with van der Waals surface area (Å²) in [7, 11) is 0. The second-order valence-electron chi connectivity index (χ2n) is 8.33. The number of Topliss-reactive ketones (excluding diaryl/α,β-unsaturated/α-hetero) is 1. The van der Waals surface area contributed by atoms with E-state index in [0.717, 1.165) is 0 Å². The van der Waals surface area contributed by atoms with Gasteiger partial charge in [0, 0.05) is 36.5 Å². The lowest BCUT2D eigenvalue weighted by Gasteiger charge is -2.27. The van der Waals surface area contributed by atoms with Gasteiger partial charge in [0.25, 0.3) is 5.91 Å². The molecule has 5 rings (SSSR count). The molecule has 2 aromatic carbocycles. The Balaban J connectivity index is 1.59.